The minimum absolute atomic E-state index is 0.0139. The molecule has 0 spiro atoms. The summed E-state index contributed by atoms with van der Waals surface area (Å²) in [5, 5.41) is 15.1. The van der Waals surface area contributed by atoms with Crippen LogP contribution >= 0.6 is 23.2 Å². The van der Waals surface area contributed by atoms with Gasteiger partial charge in [0.2, 0.25) is 0 Å². The van der Waals surface area contributed by atoms with Gasteiger partial charge in [-0.2, -0.15) is 0 Å². The number of hydrogen-bond acceptors (Lipinski definition) is 2. The summed E-state index contributed by atoms with van der Waals surface area (Å²) in [5.74, 6) is 0. The van der Waals surface area contributed by atoms with Gasteiger partial charge in [0.05, 0.1) is 10.0 Å². The van der Waals surface area contributed by atoms with Gasteiger partial charge in [-0.3, -0.25) is 0 Å². The minimum atomic E-state index is -0.477. The van der Waals surface area contributed by atoms with Crippen molar-refractivity contribution >= 4 is 34.9 Å². The summed E-state index contributed by atoms with van der Waals surface area (Å²) in [6, 6.07) is 4.49. The number of aliphatic hydroxyl groups is 1. The molecule has 4 nitrogen and oxygen atoms in total. The number of hydrogen-bond donors (Lipinski definition) is 3. The van der Waals surface area contributed by atoms with Crippen LogP contribution < -0.4 is 10.6 Å². The highest BCUT2D eigenvalue weighted by molar-refractivity contribution is 6.42. The van der Waals surface area contributed by atoms with Crippen LogP contribution in [0.25, 0.3) is 0 Å². The number of urea groups is 1. The molecule has 3 N–H and O–H groups in total. The molecule has 18 heavy (non-hydrogen) atoms. The quantitative estimate of drug-likeness (QED) is 0.797. The summed E-state index contributed by atoms with van der Waals surface area (Å²) in [4.78, 5) is 11.7. The van der Waals surface area contributed by atoms with Crippen molar-refractivity contribution in [1.29, 1.82) is 0 Å². The fourth-order valence-electron chi connectivity index (χ4n) is 1.39. The summed E-state index contributed by atoms with van der Waals surface area (Å²) in [7, 11) is 0. The number of amides is 2. The zero-order valence-electron chi connectivity index (χ0n) is 10.3. The predicted molar refractivity (Wildman–Crippen MR) is 74.4 cm³/mol. The Morgan fingerprint density at radius 2 is 2.00 bits per heavy atom. The molecule has 0 aliphatic heterocycles. The zero-order valence-corrected chi connectivity index (χ0v) is 11.8. The van der Waals surface area contributed by atoms with E-state index in [-0.39, 0.29) is 12.6 Å². The van der Waals surface area contributed by atoms with Gasteiger partial charge in [0.25, 0.3) is 0 Å². The van der Waals surface area contributed by atoms with Crippen molar-refractivity contribution in [2.75, 3.05) is 11.9 Å². The number of benzene rings is 1. The number of carbonyl (C=O) groups excluding carboxylic acids is 1. The molecule has 0 saturated heterocycles. The second-order valence-electron chi connectivity index (χ2n) is 4.57. The third kappa shape index (κ3) is 4.72. The summed E-state index contributed by atoms with van der Waals surface area (Å²) < 4.78 is 0. The van der Waals surface area contributed by atoms with Crippen LogP contribution in [0.5, 0.6) is 0 Å². The summed E-state index contributed by atoms with van der Waals surface area (Å²) in [5.41, 5.74) is 0.0800. The van der Waals surface area contributed by atoms with E-state index in [2.05, 4.69) is 10.6 Å². The van der Waals surface area contributed by atoms with Crippen molar-refractivity contribution in [2.24, 2.45) is 0 Å². The lowest BCUT2D eigenvalue weighted by molar-refractivity contribution is 0.218. The van der Waals surface area contributed by atoms with Gasteiger partial charge in [0, 0.05) is 17.8 Å². The molecule has 2 amide bonds. The molecule has 0 aliphatic carbocycles. The van der Waals surface area contributed by atoms with Crippen LogP contribution in [-0.4, -0.2) is 23.3 Å². The average molecular weight is 291 g/mol. The van der Waals surface area contributed by atoms with Gasteiger partial charge in [-0.15, -0.1) is 0 Å². The van der Waals surface area contributed by atoms with Crippen molar-refractivity contribution in [2.45, 2.75) is 25.8 Å². The second-order valence-corrected chi connectivity index (χ2v) is 5.38. The number of carbonyl (C=O) groups is 1. The smallest absolute Gasteiger partial charge is 0.319 e. The normalized spacial score (nSPS) is 11.2. The van der Waals surface area contributed by atoms with Crippen LogP contribution in [0.15, 0.2) is 18.2 Å². The molecule has 1 aromatic carbocycles. The van der Waals surface area contributed by atoms with Crippen LogP contribution in [0, 0.1) is 0 Å². The number of anilines is 1. The molecule has 0 heterocycles. The average Bonchev–Trinajstić information content (AvgIpc) is 2.22. The first kappa shape index (κ1) is 15.1. The van der Waals surface area contributed by atoms with Crippen molar-refractivity contribution < 1.29 is 9.90 Å². The van der Waals surface area contributed by atoms with Gasteiger partial charge in [-0.1, -0.05) is 23.2 Å². The number of aliphatic hydroxyl groups excluding tert-OH is 1. The van der Waals surface area contributed by atoms with Crippen molar-refractivity contribution in [1.82, 2.24) is 5.32 Å². The van der Waals surface area contributed by atoms with E-state index in [1.807, 2.05) is 13.8 Å². The fourth-order valence-corrected chi connectivity index (χ4v) is 1.68. The number of rotatable bonds is 4. The highest BCUT2D eigenvalue weighted by atomic mass is 35.5. The monoisotopic (exact) mass is 290 g/mol. The Morgan fingerprint density at radius 3 is 2.56 bits per heavy atom. The van der Waals surface area contributed by atoms with Crippen LogP contribution in [0.3, 0.4) is 0 Å². The molecule has 0 aromatic heterocycles. The van der Waals surface area contributed by atoms with Crippen molar-refractivity contribution in [3.8, 4) is 0 Å². The van der Waals surface area contributed by atoms with E-state index in [0.717, 1.165) is 0 Å². The first-order valence-corrected chi connectivity index (χ1v) is 6.25. The Bertz CT molecular complexity index is 436. The SMILES string of the molecule is CC(C)(CCO)NC(=O)Nc1ccc(Cl)c(Cl)c1. The summed E-state index contributed by atoms with van der Waals surface area (Å²) in [6.45, 7) is 3.68. The second kappa shape index (κ2) is 6.27. The lowest BCUT2D eigenvalue weighted by Crippen LogP contribution is -2.46. The highest BCUT2D eigenvalue weighted by Gasteiger charge is 2.19. The molecule has 1 rings (SSSR count). The van der Waals surface area contributed by atoms with Crippen LogP contribution in [-0.2, 0) is 0 Å². The molecule has 0 bridgehead atoms. The maximum atomic E-state index is 11.7. The van der Waals surface area contributed by atoms with Gasteiger partial charge in [-0.25, -0.2) is 4.79 Å². The predicted octanol–water partition coefficient (Wildman–Crippen LogP) is 3.28. The minimum Gasteiger partial charge on any atom is -0.396 e. The molecular formula is C12H16Cl2N2O2. The zero-order chi connectivity index (χ0) is 13.8. The van der Waals surface area contributed by atoms with E-state index in [4.69, 9.17) is 28.3 Å². The van der Waals surface area contributed by atoms with E-state index in [9.17, 15) is 4.79 Å². The van der Waals surface area contributed by atoms with E-state index in [1.165, 1.54) is 0 Å². The summed E-state index contributed by atoms with van der Waals surface area (Å²) >= 11 is 11.6. The van der Waals surface area contributed by atoms with E-state index < -0.39 is 5.54 Å². The van der Waals surface area contributed by atoms with Crippen LogP contribution in [0.2, 0.25) is 10.0 Å². The first-order valence-electron chi connectivity index (χ1n) is 5.49. The van der Waals surface area contributed by atoms with Gasteiger partial charge in [-0.05, 0) is 38.5 Å². The maximum absolute atomic E-state index is 11.7. The number of nitrogens with one attached hydrogen (secondary N) is 2. The first-order chi connectivity index (χ1) is 8.34. The molecule has 0 fully saturated rings. The molecule has 1 aromatic rings. The standard InChI is InChI=1S/C12H16Cl2N2O2/c1-12(2,5-6-17)16-11(18)15-8-3-4-9(13)10(14)7-8/h3-4,7,17H,5-6H2,1-2H3,(H2,15,16,18). The van der Waals surface area contributed by atoms with Gasteiger partial charge < -0.3 is 15.7 Å². The summed E-state index contributed by atoms with van der Waals surface area (Å²) in [6.07, 6.45) is 0.474. The van der Waals surface area contributed by atoms with Crippen LogP contribution in [0.1, 0.15) is 20.3 Å². The Morgan fingerprint density at radius 1 is 1.33 bits per heavy atom. The van der Waals surface area contributed by atoms with Crippen LogP contribution in [0.4, 0.5) is 10.5 Å². The molecule has 100 valence electrons. The lowest BCUT2D eigenvalue weighted by atomic mass is 10.0. The molecule has 0 aliphatic rings. The van der Waals surface area contributed by atoms with E-state index in [1.54, 1.807) is 18.2 Å². The molecule has 0 unspecified atom stereocenters. The van der Waals surface area contributed by atoms with E-state index >= 15 is 0 Å². The third-order valence-corrected chi connectivity index (χ3v) is 3.11. The number of halogens is 2. The Labute approximate surface area is 116 Å². The largest absolute Gasteiger partial charge is 0.396 e. The fraction of sp³-hybridized carbons (Fsp3) is 0.417. The molecule has 0 saturated carbocycles. The molecule has 6 heteroatoms. The highest BCUT2D eigenvalue weighted by Crippen LogP contribution is 2.25. The molecule has 0 radical (unpaired) electrons. The van der Waals surface area contributed by atoms with Gasteiger partial charge in [0.1, 0.15) is 0 Å². The Kier molecular flexibility index (Phi) is 5.26. The van der Waals surface area contributed by atoms with Crippen molar-refractivity contribution in [3.05, 3.63) is 28.2 Å². The maximum Gasteiger partial charge on any atom is 0.319 e. The molecular weight excluding hydrogens is 275 g/mol. The van der Waals surface area contributed by atoms with E-state index in [0.29, 0.717) is 22.2 Å². The lowest BCUT2D eigenvalue weighted by Gasteiger charge is -2.25. The van der Waals surface area contributed by atoms with Gasteiger partial charge in [0.15, 0.2) is 0 Å². The third-order valence-electron chi connectivity index (χ3n) is 2.37. The topological polar surface area (TPSA) is 61.4 Å². The van der Waals surface area contributed by atoms with Gasteiger partial charge >= 0.3 is 6.03 Å². The van der Waals surface area contributed by atoms with Crippen molar-refractivity contribution in [3.63, 3.8) is 0 Å². The molecule has 0 atom stereocenters. The Hall–Kier alpha value is -0.970. The Balaban J connectivity index is 2.62.